The maximum atomic E-state index is 10.4. The van der Waals surface area contributed by atoms with E-state index in [9.17, 15) is 4.79 Å². The molecule has 1 aromatic rings. The normalized spacial score (nSPS) is 11.6. The molecule has 5 heteroatoms. The Morgan fingerprint density at radius 2 is 2.23 bits per heavy atom. The van der Waals surface area contributed by atoms with E-state index in [-0.39, 0.29) is 12.0 Å². The van der Waals surface area contributed by atoms with Gasteiger partial charge in [-0.1, -0.05) is 5.21 Å². The van der Waals surface area contributed by atoms with Crippen LogP contribution in [0.2, 0.25) is 0 Å². The van der Waals surface area contributed by atoms with Crippen molar-refractivity contribution in [3.63, 3.8) is 0 Å². The largest absolute Gasteiger partial charge is 0.481 e. The van der Waals surface area contributed by atoms with Gasteiger partial charge in [0.15, 0.2) is 0 Å². The Morgan fingerprint density at radius 1 is 1.62 bits per heavy atom. The lowest BCUT2D eigenvalue weighted by Gasteiger charge is -2.17. The monoisotopic (exact) mass is 183 g/mol. The van der Waals surface area contributed by atoms with Crippen LogP contribution in [0.3, 0.4) is 0 Å². The van der Waals surface area contributed by atoms with Crippen LogP contribution >= 0.6 is 0 Å². The molecule has 0 amide bonds. The zero-order valence-electron chi connectivity index (χ0n) is 7.98. The van der Waals surface area contributed by atoms with Gasteiger partial charge in [0.05, 0.1) is 17.7 Å². The van der Waals surface area contributed by atoms with Crippen LogP contribution in [-0.4, -0.2) is 26.1 Å². The van der Waals surface area contributed by atoms with E-state index in [2.05, 4.69) is 10.3 Å². The van der Waals surface area contributed by atoms with E-state index in [1.807, 2.05) is 20.8 Å². The summed E-state index contributed by atoms with van der Waals surface area (Å²) >= 11 is 0. The number of hydrogen-bond donors (Lipinski definition) is 1. The second-order valence-corrected chi connectivity index (χ2v) is 3.90. The summed E-state index contributed by atoms with van der Waals surface area (Å²) in [6.07, 6.45) is 1.59. The number of rotatable bonds is 2. The third-order valence-corrected chi connectivity index (χ3v) is 1.56. The van der Waals surface area contributed by atoms with Crippen molar-refractivity contribution in [3.05, 3.63) is 11.9 Å². The summed E-state index contributed by atoms with van der Waals surface area (Å²) in [4.78, 5) is 10.4. The first kappa shape index (κ1) is 9.70. The van der Waals surface area contributed by atoms with Crippen LogP contribution < -0.4 is 0 Å². The van der Waals surface area contributed by atoms with Crippen molar-refractivity contribution in [2.24, 2.45) is 0 Å². The van der Waals surface area contributed by atoms with Gasteiger partial charge in [0, 0.05) is 6.20 Å². The van der Waals surface area contributed by atoms with Crippen LogP contribution in [0.15, 0.2) is 6.20 Å². The molecule has 0 radical (unpaired) electrons. The Labute approximate surface area is 76.4 Å². The Balaban J connectivity index is 2.81. The fourth-order valence-electron chi connectivity index (χ4n) is 0.862. The Bertz CT molecular complexity index is 311. The van der Waals surface area contributed by atoms with E-state index in [1.165, 1.54) is 0 Å². The predicted octanol–water partition coefficient (Wildman–Crippen LogP) is 0.660. The molecule has 13 heavy (non-hydrogen) atoms. The van der Waals surface area contributed by atoms with Gasteiger partial charge in [-0.25, -0.2) is 4.68 Å². The van der Waals surface area contributed by atoms with Crippen molar-refractivity contribution in [3.8, 4) is 0 Å². The van der Waals surface area contributed by atoms with Crippen LogP contribution in [0.1, 0.15) is 26.5 Å². The Hall–Kier alpha value is -1.39. The molecule has 1 rings (SSSR count). The lowest BCUT2D eigenvalue weighted by atomic mass is 10.1. The van der Waals surface area contributed by atoms with E-state index in [1.54, 1.807) is 10.9 Å². The Kier molecular flexibility index (Phi) is 2.36. The summed E-state index contributed by atoms with van der Waals surface area (Å²) in [7, 11) is 0. The first-order valence-electron chi connectivity index (χ1n) is 4.03. The van der Waals surface area contributed by atoms with Crippen molar-refractivity contribution >= 4 is 5.97 Å². The van der Waals surface area contributed by atoms with Gasteiger partial charge in [-0.05, 0) is 20.8 Å². The zero-order chi connectivity index (χ0) is 10.1. The molecule has 1 N–H and O–H groups in total. The molecule has 0 aliphatic carbocycles. The van der Waals surface area contributed by atoms with E-state index in [0.717, 1.165) is 0 Å². The average Bonchev–Trinajstić information content (AvgIpc) is 2.32. The lowest BCUT2D eigenvalue weighted by Crippen LogP contribution is -2.22. The molecule has 0 aliphatic rings. The highest BCUT2D eigenvalue weighted by Gasteiger charge is 2.15. The van der Waals surface area contributed by atoms with Crippen LogP contribution in [-0.2, 0) is 16.8 Å². The zero-order valence-corrected chi connectivity index (χ0v) is 7.98. The first-order chi connectivity index (χ1) is 5.89. The Morgan fingerprint density at radius 3 is 2.62 bits per heavy atom. The molecular formula is C8H13N3O2. The van der Waals surface area contributed by atoms with Gasteiger partial charge in [0.25, 0.3) is 0 Å². The fraction of sp³-hybridized carbons (Fsp3) is 0.625. The van der Waals surface area contributed by atoms with Gasteiger partial charge >= 0.3 is 5.97 Å². The maximum Gasteiger partial charge on any atom is 0.309 e. The number of aromatic nitrogens is 3. The van der Waals surface area contributed by atoms with E-state index < -0.39 is 5.97 Å². The fourth-order valence-corrected chi connectivity index (χ4v) is 0.862. The van der Waals surface area contributed by atoms with E-state index in [0.29, 0.717) is 5.69 Å². The molecule has 0 bridgehead atoms. The molecule has 0 aromatic carbocycles. The average molecular weight is 183 g/mol. The second-order valence-electron chi connectivity index (χ2n) is 3.90. The summed E-state index contributed by atoms with van der Waals surface area (Å²) in [5.74, 6) is -0.888. The van der Waals surface area contributed by atoms with Crippen LogP contribution in [0.5, 0.6) is 0 Å². The van der Waals surface area contributed by atoms with Crippen molar-refractivity contribution in [2.45, 2.75) is 32.7 Å². The number of hydrogen-bond acceptors (Lipinski definition) is 3. The number of carboxylic acid groups (broad SMARTS) is 1. The van der Waals surface area contributed by atoms with Crippen molar-refractivity contribution in [1.29, 1.82) is 0 Å². The molecule has 0 aliphatic heterocycles. The predicted molar refractivity (Wildman–Crippen MR) is 46.4 cm³/mol. The summed E-state index contributed by atoms with van der Waals surface area (Å²) in [5.41, 5.74) is 0.339. The molecule has 1 heterocycles. The SMILES string of the molecule is CC(C)(C)n1cc(CC(=O)O)nn1. The number of carboxylic acids is 1. The highest BCUT2D eigenvalue weighted by atomic mass is 16.4. The molecule has 1 aromatic heterocycles. The van der Waals surface area contributed by atoms with Crippen LogP contribution in [0.4, 0.5) is 0 Å². The van der Waals surface area contributed by atoms with E-state index >= 15 is 0 Å². The van der Waals surface area contributed by atoms with Crippen LogP contribution in [0.25, 0.3) is 0 Å². The summed E-state index contributed by atoms with van der Waals surface area (Å²) < 4.78 is 1.66. The quantitative estimate of drug-likeness (QED) is 0.731. The van der Waals surface area contributed by atoms with Gasteiger partial charge < -0.3 is 5.11 Å². The molecule has 0 spiro atoms. The van der Waals surface area contributed by atoms with Gasteiger partial charge in [-0.2, -0.15) is 0 Å². The van der Waals surface area contributed by atoms with E-state index in [4.69, 9.17) is 5.11 Å². The van der Waals surface area contributed by atoms with Crippen LogP contribution in [0, 0.1) is 0 Å². The maximum absolute atomic E-state index is 10.4. The standard InChI is InChI=1S/C8H13N3O2/c1-8(2,3)11-5-6(9-10-11)4-7(12)13/h5H,4H2,1-3H3,(H,12,13). The number of carbonyl (C=O) groups is 1. The molecule has 72 valence electrons. The molecule has 5 nitrogen and oxygen atoms in total. The lowest BCUT2D eigenvalue weighted by molar-refractivity contribution is -0.136. The second kappa shape index (κ2) is 3.16. The first-order valence-corrected chi connectivity index (χ1v) is 4.03. The summed E-state index contributed by atoms with van der Waals surface area (Å²) in [6.45, 7) is 5.94. The van der Waals surface area contributed by atoms with Gasteiger partial charge in [-0.3, -0.25) is 4.79 Å². The molecule has 0 unspecified atom stereocenters. The molecular weight excluding hydrogens is 170 g/mol. The molecule has 0 saturated carbocycles. The van der Waals surface area contributed by atoms with Gasteiger partial charge in [0.1, 0.15) is 0 Å². The minimum Gasteiger partial charge on any atom is -0.481 e. The van der Waals surface area contributed by atoms with Crippen molar-refractivity contribution in [1.82, 2.24) is 15.0 Å². The third-order valence-electron chi connectivity index (χ3n) is 1.56. The van der Waals surface area contributed by atoms with Crippen molar-refractivity contribution < 1.29 is 9.90 Å². The molecule has 0 saturated heterocycles. The summed E-state index contributed by atoms with van der Waals surface area (Å²) in [5, 5.41) is 16.1. The number of aliphatic carboxylic acids is 1. The highest BCUT2D eigenvalue weighted by Crippen LogP contribution is 2.11. The smallest absolute Gasteiger partial charge is 0.309 e. The molecule has 0 atom stereocenters. The van der Waals surface area contributed by atoms with Gasteiger partial charge in [-0.15, -0.1) is 5.10 Å². The highest BCUT2D eigenvalue weighted by molar-refractivity contribution is 5.69. The minimum absolute atomic E-state index is 0.0733. The summed E-state index contributed by atoms with van der Waals surface area (Å²) in [6, 6.07) is 0. The minimum atomic E-state index is -0.888. The topological polar surface area (TPSA) is 68.0 Å². The number of nitrogens with zero attached hydrogens (tertiary/aromatic N) is 3. The third kappa shape index (κ3) is 2.54. The molecule has 0 fully saturated rings. The van der Waals surface area contributed by atoms with Gasteiger partial charge in [0.2, 0.25) is 0 Å². The van der Waals surface area contributed by atoms with Crippen molar-refractivity contribution in [2.75, 3.05) is 0 Å².